The molecule has 0 radical (unpaired) electrons. The van der Waals surface area contributed by atoms with Crippen LogP contribution in [-0.4, -0.2) is 31.8 Å². The summed E-state index contributed by atoms with van der Waals surface area (Å²) in [5.41, 5.74) is -1.35. The van der Waals surface area contributed by atoms with Crippen molar-refractivity contribution in [3.63, 3.8) is 0 Å². The lowest BCUT2D eigenvalue weighted by Crippen LogP contribution is -2.41. The largest absolute Gasteiger partial charge is 0.465 e. The number of alkyl halides is 1. The average Bonchev–Trinajstić information content (AvgIpc) is 2.31. The number of halogens is 1. The zero-order valence-corrected chi connectivity index (χ0v) is 10.8. The fourth-order valence-electron chi connectivity index (χ4n) is 1.66. The Balaban J connectivity index is 4.98. The summed E-state index contributed by atoms with van der Waals surface area (Å²) in [6.45, 7) is 4.84. The minimum absolute atomic E-state index is 0.123. The molecule has 5 heteroatoms. The van der Waals surface area contributed by atoms with E-state index in [2.05, 4.69) is 0 Å². The Bertz CT molecular complexity index is 235. The van der Waals surface area contributed by atoms with Crippen LogP contribution in [0.1, 0.15) is 40.0 Å². The van der Waals surface area contributed by atoms with Crippen molar-refractivity contribution in [3.05, 3.63) is 0 Å². The Morgan fingerprint density at radius 2 is 1.53 bits per heavy atom. The SMILES string of the molecule is CCOC(=O)C(CC)(CCCF)C(=O)OCC. The molecule has 0 saturated carbocycles. The lowest BCUT2D eigenvalue weighted by atomic mass is 9.80. The number of hydrogen-bond donors (Lipinski definition) is 0. The zero-order chi connectivity index (χ0) is 13.3. The van der Waals surface area contributed by atoms with Crippen molar-refractivity contribution in [2.24, 2.45) is 5.41 Å². The third kappa shape index (κ3) is 3.98. The van der Waals surface area contributed by atoms with Gasteiger partial charge in [-0.25, -0.2) is 0 Å². The predicted octanol–water partition coefficient (Wildman–Crippen LogP) is 2.26. The lowest BCUT2D eigenvalue weighted by molar-refractivity contribution is -0.173. The highest BCUT2D eigenvalue weighted by Gasteiger charge is 2.46. The van der Waals surface area contributed by atoms with Crippen molar-refractivity contribution >= 4 is 11.9 Å². The normalized spacial score (nSPS) is 11.1. The van der Waals surface area contributed by atoms with Gasteiger partial charge in [0, 0.05) is 0 Å². The van der Waals surface area contributed by atoms with Crippen molar-refractivity contribution in [1.82, 2.24) is 0 Å². The van der Waals surface area contributed by atoms with Gasteiger partial charge in [0.15, 0.2) is 5.41 Å². The number of hydrogen-bond acceptors (Lipinski definition) is 4. The summed E-state index contributed by atoms with van der Waals surface area (Å²) in [5, 5.41) is 0. The van der Waals surface area contributed by atoms with Crippen molar-refractivity contribution < 1.29 is 23.5 Å². The predicted molar refractivity (Wildman–Crippen MR) is 61.2 cm³/mol. The van der Waals surface area contributed by atoms with Crippen molar-refractivity contribution in [1.29, 1.82) is 0 Å². The number of rotatable bonds is 8. The molecule has 0 aromatic carbocycles. The van der Waals surface area contributed by atoms with Gasteiger partial charge < -0.3 is 9.47 Å². The van der Waals surface area contributed by atoms with Crippen LogP contribution in [0.4, 0.5) is 4.39 Å². The summed E-state index contributed by atoms with van der Waals surface area (Å²) >= 11 is 0. The Morgan fingerprint density at radius 1 is 1.06 bits per heavy atom. The van der Waals surface area contributed by atoms with Crippen LogP contribution in [0.5, 0.6) is 0 Å². The van der Waals surface area contributed by atoms with E-state index in [9.17, 15) is 14.0 Å². The van der Waals surface area contributed by atoms with E-state index in [0.29, 0.717) is 0 Å². The Labute approximate surface area is 101 Å². The molecule has 0 unspecified atom stereocenters. The van der Waals surface area contributed by atoms with Crippen LogP contribution in [0.25, 0.3) is 0 Å². The van der Waals surface area contributed by atoms with Gasteiger partial charge in [-0.1, -0.05) is 6.92 Å². The van der Waals surface area contributed by atoms with E-state index in [4.69, 9.17) is 9.47 Å². The molecule has 0 aliphatic heterocycles. The second-order valence-electron chi connectivity index (χ2n) is 3.67. The molecule has 0 aromatic heterocycles. The fraction of sp³-hybridized carbons (Fsp3) is 0.833. The van der Waals surface area contributed by atoms with E-state index in [1.807, 2.05) is 0 Å². The summed E-state index contributed by atoms with van der Waals surface area (Å²) < 4.78 is 22.1. The van der Waals surface area contributed by atoms with Crippen LogP contribution in [0.15, 0.2) is 0 Å². The van der Waals surface area contributed by atoms with Gasteiger partial charge in [-0.15, -0.1) is 0 Å². The molecule has 0 heterocycles. The van der Waals surface area contributed by atoms with E-state index in [1.54, 1.807) is 20.8 Å². The van der Waals surface area contributed by atoms with Crippen molar-refractivity contribution in [2.75, 3.05) is 19.9 Å². The van der Waals surface area contributed by atoms with E-state index in [1.165, 1.54) is 0 Å². The summed E-state index contributed by atoms with van der Waals surface area (Å²) in [7, 11) is 0. The molecule has 0 saturated heterocycles. The van der Waals surface area contributed by atoms with Gasteiger partial charge in [0.1, 0.15) is 0 Å². The molecule has 0 aromatic rings. The van der Waals surface area contributed by atoms with Gasteiger partial charge in [-0.3, -0.25) is 14.0 Å². The van der Waals surface area contributed by atoms with Crippen LogP contribution in [-0.2, 0) is 19.1 Å². The number of carbonyl (C=O) groups excluding carboxylic acids is 2. The maximum Gasteiger partial charge on any atom is 0.323 e. The lowest BCUT2D eigenvalue weighted by Gasteiger charge is -2.27. The minimum atomic E-state index is -1.35. The average molecular weight is 248 g/mol. The number of carbonyl (C=O) groups is 2. The van der Waals surface area contributed by atoms with Crippen molar-refractivity contribution in [3.8, 4) is 0 Å². The standard InChI is InChI=1S/C12H21FO4/c1-4-12(8-7-9-13,10(14)16-5-2)11(15)17-6-3/h4-9H2,1-3H3. The molecular formula is C12H21FO4. The minimum Gasteiger partial charge on any atom is -0.465 e. The molecule has 0 fully saturated rings. The topological polar surface area (TPSA) is 52.6 Å². The molecule has 0 aliphatic carbocycles. The monoisotopic (exact) mass is 248 g/mol. The third-order valence-electron chi connectivity index (χ3n) is 2.67. The highest BCUT2D eigenvalue weighted by atomic mass is 19.1. The molecule has 17 heavy (non-hydrogen) atoms. The van der Waals surface area contributed by atoms with Crippen LogP contribution >= 0.6 is 0 Å². The highest BCUT2D eigenvalue weighted by molar-refractivity contribution is 6.00. The Hall–Kier alpha value is -1.13. The van der Waals surface area contributed by atoms with E-state index < -0.39 is 24.0 Å². The first kappa shape index (κ1) is 15.9. The van der Waals surface area contributed by atoms with Gasteiger partial charge in [-0.2, -0.15) is 0 Å². The zero-order valence-electron chi connectivity index (χ0n) is 10.8. The van der Waals surface area contributed by atoms with E-state index in [-0.39, 0.29) is 32.5 Å². The molecule has 4 nitrogen and oxygen atoms in total. The van der Waals surface area contributed by atoms with Crippen LogP contribution < -0.4 is 0 Å². The summed E-state index contributed by atoms with van der Waals surface area (Å²) in [6, 6.07) is 0. The number of ether oxygens (including phenoxy) is 2. The molecule has 0 amide bonds. The second-order valence-corrected chi connectivity index (χ2v) is 3.67. The van der Waals surface area contributed by atoms with Gasteiger partial charge in [0.25, 0.3) is 0 Å². The molecule has 0 N–H and O–H groups in total. The molecule has 100 valence electrons. The fourth-order valence-corrected chi connectivity index (χ4v) is 1.66. The van der Waals surface area contributed by atoms with Crippen LogP contribution in [0.3, 0.4) is 0 Å². The Morgan fingerprint density at radius 3 is 1.82 bits per heavy atom. The molecule has 0 atom stereocenters. The molecule has 0 spiro atoms. The van der Waals surface area contributed by atoms with Gasteiger partial charge in [-0.05, 0) is 33.1 Å². The number of esters is 2. The molecule has 0 bridgehead atoms. The molecule has 0 aliphatic rings. The first-order chi connectivity index (χ1) is 8.08. The summed E-state index contributed by atoms with van der Waals surface area (Å²) in [5.74, 6) is -1.23. The van der Waals surface area contributed by atoms with Crippen LogP contribution in [0.2, 0.25) is 0 Å². The first-order valence-corrected chi connectivity index (χ1v) is 5.99. The molecular weight excluding hydrogens is 227 g/mol. The molecule has 0 rings (SSSR count). The first-order valence-electron chi connectivity index (χ1n) is 5.99. The van der Waals surface area contributed by atoms with Gasteiger partial charge in [0.05, 0.1) is 19.9 Å². The maximum atomic E-state index is 12.3. The van der Waals surface area contributed by atoms with Gasteiger partial charge in [0.2, 0.25) is 0 Å². The maximum absolute atomic E-state index is 12.3. The summed E-state index contributed by atoms with van der Waals surface area (Å²) in [4.78, 5) is 23.7. The second kappa shape index (κ2) is 8.03. The smallest absolute Gasteiger partial charge is 0.323 e. The van der Waals surface area contributed by atoms with Gasteiger partial charge >= 0.3 is 11.9 Å². The van der Waals surface area contributed by atoms with Crippen LogP contribution in [0, 0.1) is 5.41 Å². The van der Waals surface area contributed by atoms with Crippen molar-refractivity contribution in [2.45, 2.75) is 40.0 Å². The summed E-state index contributed by atoms with van der Waals surface area (Å²) in [6.07, 6.45) is 0.522. The van der Waals surface area contributed by atoms with E-state index >= 15 is 0 Å². The highest BCUT2D eigenvalue weighted by Crippen LogP contribution is 2.32. The Kier molecular flexibility index (Phi) is 7.50. The van der Waals surface area contributed by atoms with E-state index in [0.717, 1.165) is 0 Å². The quantitative estimate of drug-likeness (QED) is 0.488. The third-order valence-corrected chi connectivity index (χ3v) is 2.67.